The van der Waals surface area contributed by atoms with E-state index in [0.29, 0.717) is 25.1 Å². The fourth-order valence-electron chi connectivity index (χ4n) is 4.44. The van der Waals surface area contributed by atoms with Crippen molar-refractivity contribution in [3.8, 4) is 11.5 Å². The third-order valence-electron chi connectivity index (χ3n) is 6.38. The van der Waals surface area contributed by atoms with Crippen LogP contribution in [0.15, 0.2) is 66.7 Å². The van der Waals surface area contributed by atoms with E-state index >= 15 is 0 Å². The van der Waals surface area contributed by atoms with Crippen molar-refractivity contribution < 1.29 is 24.0 Å². The van der Waals surface area contributed by atoms with Gasteiger partial charge in [0.05, 0.1) is 16.7 Å². The van der Waals surface area contributed by atoms with Crippen molar-refractivity contribution in [3.05, 3.63) is 93.5 Å². The average Bonchev–Trinajstić information content (AvgIpc) is 3.38. The Balaban J connectivity index is 1.50. The molecule has 1 aliphatic heterocycles. The van der Waals surface area contributed by atoms with Gasteiger partial charge in [-0.25, -0.2) is 4.79 Å². The SMILES string of the molecule is Cc1ccc(C(C)C)c(Oc2cc(NC(=O)[C@H]3CCCN3C(=O)OCc3ccccc3)cc([N+](=O)[O-])c2)c1. The Bertz CT molecular complexity index is 1330. The first-order valence-corrected chi connectivity index (χ1v) is 12.6. The van der Waals surface area contributed by atoms with Crippen molar-refractivity contribution in [2.45, 2.75) is 52.2 Å². The maximum atomic E-state index is 13.2. The summed E-state index contributed by atoms with van der Waals surface area (Å²) in [6.45, 7) is 6.51. The zero-order valence-corrected chi connectivity index (χ0v) is 21.7. The molecule has 1 N–H and O–H groups in total. The molecule has 1 heterocycles. The van der Waals surface area contributed by atoms with Crippen LogP contribution < -0.4 is 10.1 Å². The highest BCUT2D eigenvalue weighted by molar-refractivity contribution is 5.97. The van der Waals surface area contributed by atoms with Crippen molar-refractivity contribution >= 4 is 23.4 Å². The lowest BCUT2D eigenvalue weighted by molar-refractivity contribution is -0.384. The molecule has 0 radical (unpaired) electrons. The van der Waals surface area contributed by atoms with Crippen molar-refractivity contribution in [2.24, 2.45) is 0 Å². The number of hydrogen-bond acceptors (Lipinski definition) is 6. The standard InChI is InChI=1S/C29H31N3O6/c1-19(2)25-12-11-20(3)14-27(25)38-24-16-22(15-23(17-24)32(35)36)30-28(33)26-10-7-13-31(26)29(34)37-18-21-8-5-4-6-9-21/h4-6,8-9,11-12,14-17,19,26H,7,10,13,18H2,1-3H3,(H,30,33)/t26-/m1/s1. The number of nitrogens with one attached hydrogen (secondary N) is 1. The van der Waals surface area contributed by atoms with Crippen LogP contribution in [0.25, 0.3) is 0 Å². The van der Waals surface area contributed by atoms with E-state index in [0.717, 1.165) is 16.7 Å². The van der Waals surface area contributed by atoms with E-state index in [-0.39, 0.29) is 29.6 Å². The van der Waals surface area contributed by atoms with Gasteiger partial charge >= 0.3 is 6.09 Å². The third-order valence-corrected chi connectivity index (χ3v) is 6.38. The van der Waals surface area contributed by atoms with Crippen LogP contribution in [0.1, 0.15) is 49.3 Å². The van der Waals surface area contributed by atoms with Crippen LogP contribution in [-0.2, 0) is 16.1 Å². The summed E-state index contributed by atoms with van der Waals surface area (Å²) in [6, 6.07) is 18.5. The molecule has 0 saturated carbocycles. The van der Waals surface area contributed by atoms with Crippen LogP contribution in [0.4, 0.5) is 16.2 Å². The Morgan fingerprint density at radius 2 is 1.87 bits per heavy atom. The van der Waals surface area contributed by atoms with Crippen LogP contribution in [0.5, 0.6) is 11.5 Å². The number of amides is 2. The molecule has 1 saturated heterocycles. The second kappa shape index (κ2) is 11.8. The molecule has 1 aliphatic rings. The highest BCUT2D eigenvalue weighted by Gasteiger charge is 2.35. The minimum atomic E-state index is -0.744. The number of nitro benzene ring substituents is 1. The van der Waals surface area contributed by atoms with Crippen LogP contribution in [0.2, 0.25) is 0 Å². The van der Waals surface area contributed by atoms with Gasteiger partial charge in [0.2, 0.25) is 5.91 Å². The number of nitro groups is 1. The Morgan fingerprint density at radius 1 is 1.11 bits per heavy atom. The summed E-state index contributed by atoms with van der Waals surface area (Å²) >= 11 is 0. The van der Waals surface area contributed by atoms with Crippen LogP contribution in [-0.4, -0.2) is 34.4 Å². The minimum absolute atomic E-state index is 0.105. The third kappa shape index (κ3) is 6.47. The van der Waals surface area contributed by atoms with Gasteiger partial charge in [-0.1, -0.05) is 56.3 Å². The molecule has 0 spiro atoms. The Kier molecular flexibility index (Phi) is 8.25. The van der Waals surface area contributed by atoms with Gasteiger partial charge in [-0.2, -0.15) is 0 Å². The molecule has 3 aromatic rings. The average molecular weight is 518 g/mol. The summed E-state index contributed by atoms with van der Waals surface area (Å²) in [4.78, 5) is 38.4. The number of rotatable bonds is 8. The van der Waals surface area contributed by atoms with Crippen LogP contribution in [0.3, 0.4) is 0 Å². The predicted molar refractivity (Wildman–Crippen MR) is 143 cm³/mol. The van der Waals surface area contributed by atoms with Crippen molar-refractivity contribution in [1.29, 1.82) is 0 Å². The number of ether oxygens (including phenoxy) is 2. The number of nitrogens with zero attached hydrogens (tertiary/aromatic N) is 2. The van der Waals surface area contributed by atoms with Crippen LogP contribution in [0, 0.1) is 17.0 Å². The van der Waals surface area contributed by atoms with Gasteiger partial charge in [0.1, 0.15) is 24.1 Å². The first-order chi connectivity index (χ1) is 18.2. The molecule has 3 aromatic carbocycles. The summed E-state index contributed by atoms with van der Waals surface area (Å²) in [5.41, 5.74) is 2.79. The Hall–Kier alpha value is -4.40. The summed E-state index contributed by atoms with van der Waals surface area (Å²) < 4.78 is 11.5. The molecule has 0 bridgehead atoms. The van der Waals surface area contributed by atoms with Crippen LogP contribution >= 0.6 is 0 Å². The van der Waals surface area contributed by atoms with E-state index in [9.17, 15) is 19.7 Å². The van der Waals surface area contributed by atoms with Gasteiger partial charge < -0.3 is 14.8 Å². The van der Waals surface area contributed by atoms with E-state index in [4.69, 9.17) is 9.47 Å². The largest absolute Gasteiger partial charge is 0.457 e. The van der Waals surface area contributed by atoms with Crippen molar-refractivity contribution in [3.63, 3.8) is 0 Å². The maximum Gasteiger partial charge on any atom is 0.410 e. The molecule has 38 heavy (non-hydrogen) atoms. The normalized spacial score (nSPS) is 14.8. The first kappa shape index (κ1) is 26.7. The van der Waals surface area contributed by atoms with Gasteiger partial charge in [-0.3, -0.25) is 19.8 Å². The summed E-state index contributed by atoms with van der Waals surface area (Å²) in [5.74, 6) is 0.566. The zero-order valence-electron chi connectivity index (χ0n) is 21.7. The monoisotopic (exact) mass is 517 g/mol. The number of benzene rings is 3. The molecule has 9 nitrogen and oxygen atoms in total. The minimum Gasteiger partial charge on any atom is -0.457 e. The number of likely N-dealkylation sites (tertiary alicyclic amines) is 1. The molecule has 198 valence electrons. The van der Waals surface area contributed by atoms with Crippen molar-refractivity contribution in [2.75, 3.05) is 11.9 Å². The lowest BCUT2D eigenvalue weighted by atomic mass is 10.0. The molecule has 2 amide bonds. The van der Waals surface area contributed by atoms with E-state index < -0.39 is 23.0 Å². The molecule has 4 rings (SSSR count). The fraction of sp³-hybridized carbons (Fsp3) is 0.310. The topological polar surface area (TPSA) is 111 Å². The lowest BCUT2D eigenvalue weighted by Crippen LogP contribution is -2.43. The van der Waals surface area contributed by atoms with Crippen molar-refractivity contribution in [1.82, 2.24) is 4.90 Å². The molecule has 1 atom stereocenters. The summed E-state index contributed by atoms with van der Waals surface area (Å²) in [7, 11) is 0. The van der Waals surface area contributed by atoms with E-state index in [1.54, 1.807) is 6.07 Å². The highest BCUT2D eigenvalue weighted by atomic mass is 16.6. The Morgan fingerprint density at radius 3 is 2.58 bits per heavy atom. The molecule has 0 aliphatic carbocycles. The zero-order chi connectivity index (χ0) is 27.2. The maximum absolute atomic E-state index is 13.2. The molecule has 0 unspecified atom stereocenters. The second-order valence-electron chi connectivity index (χ2n) is 9.65. The first-order valence-electron chi connectivity index (χ1n) is 12.6. The van der Waals surface area contributed by atoms with E-state index in [1.807, 2.05) is 69.3 Å². The van der Waals surface area contributed by atoms with Gasteiger partial charge in [-0.05, 0) is 48.4 Å². The van der Waals surface area contributed by atoms with E-state index in [2.05, 4.69) is 5.32 Å². The molecule has 1 fully saturated rings. The summed E-state index contributed by atoms with van der Waals surface area (Å²) in [5, 5.41) is 14.4. The molecule has 9 heteroatoms. The second-order valence-corrected chi connectivity index (χ2v) is 9.65. The highest BCUT2D eigenvalue weighted by Crippen LogP contribution is 2.35. The van der Waals surface area contributed by atoms with Gasteiger partial charge in [0, 0.05) is 18.7 Å². The smallest absolute Gasteiger partial charge is 0.410 e. The number of carbonyl (C=O) groups is 2. The van der Waals surface area contributed by atoms with Gasteiger partial charge in [0.15, 0.2) is 0 Å². The van der Waals surface area contributed by atoms with Gasteiger partial charge in [-0.15, -0.1) is 0 Å². The number of carbonyl (C=O) groups excluding carboxylic acids is 2. The number of non-ortho nitro benzene ring substituents is 1. The number of anilines is 1. The predicted octanol–water partition coefficient (Wildman–Crippen LogP) is 6.56. The molecular formula is C29H31N3O6. The summed E-state index contributed by atoms with van der Waals surface area (Å²) in [6.07, 6.45) is 0.536. The number of aryl methyl sites for hydroxylation is 1. The number of hydrogen-bond donors (Lipinski definition) is 1. The fourth-order valence-corrected chi connectivity index (χ4v) is 4.44. The Labute approximate surface area is 221 Å². The lowest BCUT2D eigenvalue weighted by Gasteiger charge is -2.23. The van der Waals surface area contributed by atoms with Gasteiger partial charge in [0.25, 0.3) is 5.69 Å². The molecule has 0 aromatic heterocycles. The van der Waals surface area contributed by atoms with E-state index in [1.165, 1.54) is 17.0 Å². The quantitative estimate of drug-likeness (QED) is 0.268. The molecular weight excluding hydrogens is 486 g/mol.